The van der Waals surface area contributed by atoms with Gasteiger partial charge in [0.25, 0.3) is 0 Å². The van der Waals surface area contributed by atoms with E-state index in [1.165, 1.54) is 0 Å². The Morgan fingerprint density at radius 2 is 2.31 bits per heavy atom. The van der Waals surface area contributed by atoms with Crippen molar-refractivity contribution >= 4 is 23.2 Å². The van der Waals surface area contributed by atoms with E-state index in [4.69, 9.17) is 10.5 Å². The molecule has 0 aromatic heterocycles. The van der Waals surface area contributed by atoms with Gasteiger partial charge < -0.3 is 10.5 Å². The summed E-state index contributed by atoms with van der Waals surface area (Å²) in [5, 5.41) is 0.0558. The number of ether oxygens (including phenoxy) is 1. The molecule has 6 heteroatoms. The van der Waals surface area contributed by atoms with Gasteiger partial charge in [0.1, 0.15) is 0 Å². The summed E-state index contributed by atoms with van der Waals surface area (Å²) in [7, 11) is 0. The number of amides is 1. The van der Waals surface area contributed by atoms with E-state index >= 15 is 0 Å². The van der Waals surface area contributed by atoms with Crippen molar-refractivity contribution in [1.29, 1.82) is 0 Å². The molecule has 1 fully saturated rings. The fraction of sp³-hybridized carbons (Fsp3) is 0.714. The molecule has 4 N–H and O–H groups in total. The van der Waals surface area contributed by atoms with Crippen molar-refractivity contribution in [1.82, 2.24) is 10.9 Å². The SMILES string of the molecule is CC1CC(C(=O)NNC(N)=S)CO1. The van der Waals surface area contributed by atoms with Gasteiger partial charge in [-0.1, -0.05) is 0 Å². The predicted octanol–water partition coefficient (Wildman–Crippen LogP) is -0.724. The highest BCUT2D eigenvalue weighted by Crippen LogP contribution is 2.18. The van der Waals surface area contributed by atoms with E-state index in [1.807, 2.05) is 6.92 Å². The molecule has 1 amide bonds. The van der Waals surface area contributed by atoms with Crippen LogP contribution in [-0.4, -0.2) is 23.7 Å². The first-order valence-corrected chi connectivity index (χ1v) is 4.47. The largest absolute Gasteiger partial charge is 0.378 e. The van der Waals surface area contributed by atoms with Gasteiger partial charge in [0.15, 0.2) is 5.11 Å². The zero-order valence-corrected chi connectivity index (χ0v) is 8.19. The molecule has 0 spiro atoms. The quantitative estimate of drug-likeness (QED) is 0.387. The Labute approximate surface area is 82.0 Å². The molecule has 2 atom stereocenters. The van der Waals surface area contributed by atoms with Gasteiger partial charge in [-0.15, -0.1) is 0 Å². The Morgan fingerprint density at radius 1 is 1.62 bits per heavy atom. The van der Waals surface area contributed by atoms with Crippen LogP contribution in [0.25, 0.3) is 0 Å². The zero-order valence-electron chi connectivity index (χ0n) is 7.37. The lowest BCUT2D eigenvalue weighted by Crippen LogP contribution is -2.46. The fourth-order valence-electron chi connectivity index (χ4n) is 1.23. The fourth-order valence-corrected chi connectivity index (χ4v) is 1.28. The molecule has 1 rings (SSSR count). The van der Waals surface area contributed by atoms with Crippen LogP contribution in [0.3, 0.4) is 0 Å². The monoisotopic (exact) mass is 203 g/mol. The average molecular weight is 203 g/mol. The maximum Gasteiger partial charge on any atom is 0.243 e. The van der Waals surface area contributed by atoms with Crippen molar-refractivity contribution < 1.29 is 9.53 Å². The zero-order chi connectivity index (χ0) is 9.84. The van der Waals surface area contributed by atoms with E-state index in [0.29, 0.717) is 6.61 Å². The molecule has 1 aliphatic rings. The second-order valence-electron chi connectivity index (χ2n) is 3.06. The van der Waals surface area contributed by atoms with Crippen molar-refractivity contribution in [3.05, 3.63) is 0 Å². The van der Waals surface area contributed by atoms with E-state index in [2.05, 4.69) is 23.1 Å². The van der Waals surface area contributed by atoms with Crippen molar-refractivity contribution in [2.75, 3.05) is 6.61 Å². The van der Waals surface area contributed by atoms with Crippen LogP contribution in [-0.2, 0) is 9.53 Å². The van der Waals surface area contributed by atoms with E-state index < -0.39 is 0 Å². The lowest BCUT2D eigenvalue weighted by molar-refractivity contribution is -0.125. The number of hydrogen-bond acceptors (Lipinski definition) is 3. The Kier molecular flexibility index (Phi) is 3.44. The summed E-state index contributed by atoms with van der Waals surface area (Å²) in [6, 6.07) is 0. The van der Waals surface area contributed by atoms with E-state index in [9.17, 15) is 4.79 Å². The topological polar surface area (TPSA) is 76.4 Å². The molecule has 0 aromatic carbocycles. The summed E-state index contributed by atoms with van der Waals surface area (Å²) < 4.78 is 5.24. The Bertz CT molecular complexity index is 222. The second-order valence-corrected chi connectivity index (χ2v) is 3.49. The Balaban J connectivity index is 2.27. The van der Waals surface area contributed by atoms with Gasteiger partial charge in [0.05, 0.1) is 18.6 Å². The number of nitrogens with one attached hydrogen (secondary N) is 2. The number of nitrogens with two attached hydrogens (primary N) is 1. The molecule has 0 aromatic rings. The van der Waals surface area contributed by atoms with Gasteiger partial charge in [0, 0.05) is 0 Å². The smallest absolute Gasteiger partial charge is 0.243 e. The van der Waals surface area contributed by atoms with Crippen LogP contribution in [0.5, 0.6) is 0 Å². The number of rotatable bonds is 1. The summed E-state index contributed by atoms with van der Waals surface area (Å²) in [4.78, 5) is 11.3. The Hall–Kier alpha value is -0.880. The van der Waals surface area contributed by atoms with Gasteiger partial charge in [-0.3, -0.25) is 15.6 Å². The third kappa shape index (κ3) is 3.16. The molecule has 74 valence electrons. The first-order chi connectivity index (χ1) is 6.09. The third-order valence-electron chi connectivity index (χ3n) is 1.88. The number of hydrazine groups is 1. The highest BCUT2D eigenvalue weighted by atomic mass is 32.1. The molecule has 13 heavy (non-hydrogen) atoms. The highest BCUT2D eigenvalue weighted by Gasteiger charge is 2.27. The first-order valence-electron chi connectivity index (χ1n) is 4.06. The minimum Gasteiger partial charge on any atom is -0.378 e. The predicted molar refractivity (Wildman–Crippen MR) is 51.6 cm³/mol. The van der Waals surface area contributed by atoms with Crippen molar-refractivity contribution in [3.8, 4) is 0 Å². The van der Waals surface area contributed by atoms with Crippen LogP contribution < -0.4 is 16.6 Å². The summed E-state index contributed by atoms with van der Waals surface area (Å²) in [6.07, 6.45) is 0.894. The van der Waals surface area contributed by atoms with Crippen LogP contribution in [0.1, 0.15) is 13.3 Å². The molecule has 1 heterocycles. The lowest BCUT2D eigenvalue weighted by atomic mass is 10.1. The van der Waals surface area contributed by atoms with Crippen LogP contribution in [0.4, 0.5) is 0 Å². The molecule has 1 saturated heterocycles. The third-order valence-corrected chi connectivity index (χ3v) is 1.98. The molecule has 0 saturated carbocycles. The van der Waals surface area contributed by atoms with Crippen LogP contribution in [0.15, 0.2) is 0 Å². The number of carbonyl (C=O) groups excluding carboxylic acids is 1. The maximum absolute atomic E-state index is 11.3. The summed E-state index contributed by atoms with van der Waals surface area (Å²) in [5.41, 5.74) is 9.94. The molecule has 5 nitrogen and oxygen atoms in total. The van der Waals surface area contributed by atoms with Gasteiger partial charge in [-0.2, -0.15) is 0 Å². The van der Waals surface area contributed by atoms with Gasteiger partial charge in [0.2, 0.25) is 5.91 Å². The minimum absolute atomic E-state index is 0.0558. The van der Waals surface area contributed by atoms with Crippen molar-refractivity contribution in [3.63, 3.8) is 0 Å². The van der Waals surface area contributed by atoms with Crippen LogP contribution in [0.2, 0.25) is 0 Å². The molecule has 2 unspecified atom stereocenters. The molecule has 0 aliphatic carbocycles. The minimum atomic E-state index is -0.128. The summed E-state index contributed by atoms with van der Waals surface area (Å²) in [6.45, 7) is 2.40. The van der Waals surface area contributed by atoms with Crippen molar-refractivity contribution in [2.24, 2.45) is 11.7 Å². The highest BCUT2D eigenvalue weighted by molar-refractivity contribution is 7.80. The van der Waals surface area contributed by atoms with E-state index in [-0.39, 0.29) is 23.0 Å². The van der Waals surface area contributed by atoms with Gasteiger partial charge >= 0.3 is 0 Å². The molecule has 0 radical (unpaired) electrons. The first kappa shape index (κ1) is 10.2. The summed E-state index contributed by atoms with van der Waals surface area (Å²) >= 11 is 4.53. The summed E-state index contributed by atoms with van der Waals surface area (Å²) in [5.74, 6) is -0.228. The molecular formula is C7H13N3O2S. The van der Waals surface area contributed by atoms with Gasteiger partial charge in [-0.05, 0) is 25.6 Å². The van der Waals surface area contributed by atoms with E-state index in [1.54, 1.807) is 0 Å². The molecule has 0 bridgehead atoms. The van der Waals surface area contributed by atoms with Crippen LogP contribution >= 0.6 is 12.2 Å². The normalized spacial score (nSPS) is 26.8. The second kappa shape index (κ2) is 4.38. The lowest BCUT2D eigenvalue weighted by Gasteiger charge is -2.09. The van der Waals surface area contributed by atoms with Gasteiger partial charge in [-0.25, -0.2) is 0 Å². The number of hydrogen-bond donors (Lipinski definition) is 3. The van der Waals surface area contributed by atoms with E-state index in [0.717, 1.165) is 6.42 Å². The Morgan fingerprint density at radius 3 is 2.77 bits per heavy atom. The molecule has 1 aliphatic heterocycles. The van der Waals surface area contributed by atoms with Crippen molar-refractivity contribution in [2.45, 2.75) is 19.4 Å². The number of carbonyl (C=O) groups is 1. The average Bonchev–Trinajstić information content (AvgIpc) is 2.47. The van der Waals surface area contributed by atoms with Crippen LogP contribution in [0, 0.1) is 5.92 Å². The number of thiocarbonyl (C=S) groups is 1. The maximum atomic E-state index is 11.3. The standard InChI is InChI=1S/C7H13N3O2S/c1-4-2-5(3-12-4)6(11)9-10-7(8)13/h4-5H,2-3H2,1H3,(H,9,11)(H3,8,10,13). The molecular weight excluding hydrogens is 190 g/mol.